The molecule has 3 nitrogen and oxygen atoms in total. The van der Waals surface area contributed by atoms with Gasteiger partial charge in [0, 0.05) is 17.6 Å². The molecule has 3 N–H and O–H groups in total. The van der Waals surface area contributed by atoms with E-state index in [4.69, 9.17) is 5.73 Å². The molecule has 3 rings (SSSR count). The Hall–Kier alpha value is -1.42. The SMILES string of the molecule is NC1CC2CC(NC(=O)c3ccc(F)cc3)CC2C1. The third kappa shape index (κ3) is 2.63. The third-order valence-corrected chi connectivity index (χ3v) is 4.49. The lowest BCUT2D eigenvalue weighted by Crippen LogP contribution is -2.33. The molecule has 2 fully saturated rings. The van der Waals surface area contributed by atoms with Crippen molar-refractivity contribution in [3.63, 3.8) is 0 Å². The molecule has 102 valence electrons. The van der Waals surface area contributed by atoms with Crippen molar-refractivity contribution in [2.75, 3.05) is 0 Å². The first-order valence-electron chi connectivity index (χ1n) is 6.94. The van der Waals surface area contributed by atoms with E-state index in [0.717, 1.165) is 25.7 Å². The summed E-state index contributed by atoms with van der Waals surface area (Å²) >= 11 is 0. The summed E-state index contributed by atoms with van der Waals surface area (Å²) in [6, 6.07) is 6.28. The predicted octanol–water partition coefficient (Wildman–Crippen LogP) is 2.07. The Morgan fingerprint density at radius 3 is 2.26 bits per heavy atom. The molecule has 2 saturated carbocycles. The Bertz CT molecular complexity index is 460. The Morgan fingerprint density at radius 2 is 1.68 bits per heavy atom. The number of hydrogen-bond acceptors (Lipinski definition) is 2. The summed E-state index contributed by atoms with van der Waals surface area (Å²) in [5.74, 6) is 0.928. The normalized spacial score (nSPS) is 33.2. The molecule has 0 radical (unpaired) electrons. The molecule has 2 atom stereocenters. The van der Waals surface area contributed by atoms with E-state index in [-0.39, 0.29) is 17.8 Å². The van der Waals surface area contributed by atoms with Crippen LogP contribution in [0.1, 0.15) is 36.0 Å². The van der Waals surface area contributed by atoms with Crippen LogP contribution < -0.4 is 11.1 Å². The van der Waals surface area contributed by atoms with Crippen molar-refractivity contribution in [1.82, 2.24) is 5.32 Å². The number of carbonyl (C=O) groups is 1. The number of benzene rings is 1. The van der Waals surface area contributed by atoms with Crippen molar-refractivity contribution in [1.29, 1.82) is 0 Å². The monoisotopic (exact) mass is 262 g/mol. The fourth-order valence-electron chi connectivity index (χ4n) is 3.65. The van der Waals surface area contributed by atoms with Crippen LogP contribution in [0, 0.1) is 17.7 Å². The number of hydrogen-bond donors (Lipinski definition) is 2. The van der Waals surface area contributed by atoms with Crippen molar-refractivity contribution in [2.45, 2.75) is 37.8 Å². The topological polar surface area (TPSA) is 55.1 Å². The van der Waals surface area contributed by atoms with Gasteiger partial charge in [0.2, 0.25) is 0 Å². The van der Waals surface area contributed by atoms with Crippen molar-refractivity contribution in [3.05, 3.63) is 35.6 Å². The van der Waals surface area contributed by atoms with Gasteiger partial charge in [-0.1, -0.05) is 0 Å². The van der Waals surface area contributed by atoms with Gasteiger partial charge in [-0.3, -0.25) is 4.79 Å². The van der Waals surface area contributed by atoms with Crippen LogP contribution in [0.15, 0.2) is 24.3 Å². The van der Waals surface area contributed by atoms with E-state index in [9.17, 15) is 9.18 Å². The summed E-state index contributed by atoms with van der Waals surface area (Å²) in [4.78, 5) is 12.0. The minimum atomic E-state index is -0.319. The first-order valence-corrected chi connectivity index (χ1v) is 6.94. The lowest BCUT2D eigenvalue weighted by atomic mass is 10.0. The van der Waals surface area contributed by atoms with Crippen LogP contribution in [0.5, 0.6) is 0 Å². The Morgan fingerprint density at radius 1 is 1.11 bits per heavy atom. The highest BCUT2D eigenvalue weighted by atomic mass is 19.1. The minimum absolute atomic E-state index is 0.103. The van der Waals surface area contributed by atoms with Gasteiger partial charge in [-0.2, -0.15) is 0 Å². The number of halogens is 1. The van der Waals surface area contributed by atoms with Crippen LogP contribution in [0.2, 0.25) is 0 Å². The standard InChI is InChI=1S/C15H19FN2O/c16-12-3-1-9(2-4-12)15(19)18-14-7-10-5-13(17)6-11(10)8-14/h1-4,10-11,13-14H,5-8,17H2,(H,18,19). The number of amides is 1. The molecule has 19 heavy (non-hydrogen) atoms. The van der Waals surface area contributed by atoms with E-state index in [1.54, 1.807) is 0 Å². The van der Waals surface area contributed by atoms with Gasteiger partial charge < -0.3 is 11.1 Å². The maximum Gasteiger partial charge on any atom is 0.251 e. The molecule has 0 aromatic heterocycles. The molecule has 0 saturated heterocycles. The fraction of sp³-hybridized carbons (Fsp3) is 0.533. The average Bonchev–Trinajstić information content (AvgIpc) is 2.86. The quantitative estimate of drug-likeness (QED) is 0.857. The van der Waals surface area contributed by atoms with E-state index in [1.807, 2.05) is 0 Å². The molecule has 2 unspecified atom stereocenters. The van der Waals surface area contributed by atoms with E-state index in [2.05, 4.69) is 5.32 Å². The maximum absolute atomic E-state index is 12.8. The molecule has 1 aromatic rings. The molecule has 2 aliphatic carbocycles. The predicted molar refractivity (Wildman–Crippen MR) is 71.1 cm³/mol. The summed E-state index contributed by atoms with van der Waals surface area (Å²) < 4.78 is 12.8. The molecule has 0 aliphatic heterocycles. The molecular formula is C15H19FN2O. The maximum atomic E-state index is 12.8. The Labute approximate surface area is 112 Å². The highest BCUT2D eigenvalue weighted by Crippen LogP contribution is 2.43. The zero-order valence-electron chi connectivity index (χ0n) is 10.8. The highest BCUT2D eigenvalue weighted by Gasteiger charge is 2.40. The second-order valence-electron chi connectivity index (χ2n) is 5.90. The second-order valence-corrected chi connectivity index (χ2v) is 5.90. The zero-order chi connectivity index (χ0) is 13.4. The van der Waals surface area contributed by atoms with E-state index in [1.165, 1.54) is 24.3 Å². The number of nitrogens with one attached hydrogen (secondary N) is 1. The van der Waals surface area contributed by atoms with E-state index in [0.29, 0.717) is 23.4 Å². The lowest BCUT2D eigenvalue weighted by molar-refractivity contribution is 0.0936. The molecule has 0 heterocycles. The molecule has 0 spiro atoms. The molecule has 1 amide bonds. The fourth-order valence-corrected chi connectivity index (χ4v) is 3.65. The smallest absolute Gasteiger partial charge is 0.251 e. The summed E-state index contributed by atoms with van der Waals surface area (Å²) in [6.45, 7) is 0. The van der Waals surface area contributed by atoms with Crippen molar-refractivity contribution in [3.8, 4) is 0 Å². The van der Waals surface area contributed by atoms with Crippen molar-refractivity contribution < 1.29 is 9.18 Å². The number of fused-ring (bicyclic) bond motifs is 1. The van der Waals surface area contributed by atoms with Crippen LogP contribution in [-0.2, 0) is 0 Å². The summed E-state index contributed by atoms with van der Waals surface area (Å²) in [7, 11) is 0. The van der Waals surface area contributed by atoms with Gasteiger partial charge >= 0.3 is 0 Å². The molecular weight excluding hydrogens is 243 g/mol. The molecule has 0 bridgehead atoms. The second kappa shape index (κ2) is 4.93. The van der Waals surface area contributed by atoms with Gasteiger partial charge in [-0.15, -0.1) is 0 Å². The largest absolute Gasteiger partial charge is 0.349 e. The molecule has 4 heteroatoms. The lowest BCUT2D eigenvalue weighted by Gasteiger charge is -2.14. The third-order valence-electron chi connectivity index (χ3n) is 4.49. The van der Waals surface area contributed by atoms with Crippen molar-refractivity contribution in [2.24, 2.45) is 17.6 Å². The first-order chi connectivity index (χ1) is 9.11. The van der Waals surface area contributed by atoms with Gasteiger partial charge in [0.05, 0.1) is 0 Å². The van der Waals surface area contributed by atoms with E-state index < -0.39 is 0 Å². The van der Waals surface area contributed by atoms with Crippen LogP contribution >= 0.6 is 0 Å². The number of nitrogens with two attached hydrogens (primary N) is 1. The van der Waals surface area contributed by atoms with Crippen LogP contribution in [0.3, 0.4) is 0 Å². The van der Waals surface area contributed by atoms with Gasteiger partial charge in [0.1, 0.15) is 5.82 Å². The first kappa shape index (κ1) is 12.6. The average molecular weight is 262 g/mol. The van der Waals surface area contributed by atoms with E-state index >= 15 is 0 Å². The summed E-state index contributed by atoms with van der Waals surface area (Å²) in [5.41, 5.74) is 6.48. The Balaban J connectivity index is 1.58. The van der Waals surface area contributed by atoms with Gasteiger partial charge in [-0.05, 0) is 61.8 Å². The summed E-state index contributed by atoms with van der Waals surface area (Å²) in [6.07, 6.45) is 4.25. The van der Waals surface area contributed by atoms with Gasteiger partial charge in [-0.25, -0.2) is 4.39 Å². The van der Waals surface area contributed by atoms with Crippen LogP contribution in [0.25, 0.3) is 0 Å². The van der Waals surface area contributed by atoms with Crippen LogP contribution in [-0.4, -0.2) is 18.0 Å². The molecule has 2 aliphatic rings. The van der Waals surface area contributed by atoms with Crippen LogP contribution in [0.4, 0.5) is 4.39 Å². The van der Waals surface area contributed by atoms with Gasteiger partial charge in [0.15, 0.2) is 0 Å². The Kier molecular flexibility index (Phi) is 3.27. The van der Waals surface area contributed by atoms with Crippen molar-refractivity contribution >= 4 is 5.91 Å². The number of rotatable bonds is 2. The highest BCUT2D eigenvalue weighted by molar-refractivity contribution is 5.94. The molecule has 1 aromatic carbocycles. The minimum Gasteiger partial charge on any atom is -0.349 e. The van der Waals surface area contributed by atoms with Gasteiger partial charge in [0.25, 0.3) is 5.91 Å². The summed E-state index contributed by atoms with van der Waals surface area (Å²) in [5, 5.41) is 3.06. The zero-order valence-corrected chi connectivity index (χ0v) is 10.8. The number of carbonyl (C=O) groups excluding carboxylic acids is 1.